The summed E-state index contributed by atoms with van der Waals surface area (Å²) >= 11 is 0. The van der Waals surface area contributed by atoms with Crippen molar-refractivity contribution in [1.29, 1.82) is 0 Å². The lowest BCUT2D eigenvalue weighted by Gasteiger charge is -2.34. The smallest absolute Gasteiger partial charge is 0.0347 e. The highest BCUT2D eigenvalue weighted by Gasteiger charge is 2.22. The van der Waals surface area contributed by atoms with Crippen molar-refractivity contribution in [2.75, 3.05) is 25.5 Å². The number of hydrogen-bond acceptors (Lipinski definition) is 2. The van der Waals surface area contributed by atoms with Crippen molar-refractivity contribution in [3.8, 4) is 0 Å². The Morgan fingerprint density at radius 1 is 1.22 bits per heavy atom. The molecule has 1 aliphatic rings. The molecule has 2 atom stereocenters. The zero-order chi connectivity index (χ0) is 13.1. The van der Waals surface area contributed by atoms with Crippen LogP contribution in [0.2, 0.25) is 0 Å². The first-order valence-corrected chi connectivity index (χ1v) is 7.08. The van der Waals surface area contributed by atoms with Crippen LogP contribution in [0.3, 0.4) is 0 Å². The summed E-state index contributed by atoms with van der Waals surface area (Å²) in [6, 6.07) is 7.27. The maximum atomic E-state index is 3.69. The topological polar surface area (TPSA) is 15.3 Å². The van der Waals surface area contributed by atoms with Gasteiger partial charge in [-0.1, -0.05) is 6.07 Å². The minimum atomic E-state index is 0.550. The fraction of sp³-hybridized carbons (Fsp3) is 0.625. The van der Waals surface area contributed by atoms with E-state index in [4.69, 9.17) is 0 Å². The van der Waals surface area contributed by atoms with Gasteiger partial charge < -0.3 is 10.2 Å². The summed E-state index contributed by atoms with van der Waals surface area (Å²) in [4.78, 5) is 2.45. The zero-order valence-electron chi connectivity index (χ0n) is 12.2. The van der Waals surface area contributed by atoms with Gasteiger partial charge in [0.1, 0.15) is 0 Å². The summed E-state index contributed by atoms with van der Waals surface area (Å²) in [5.74, 6) is 0.768. The van der Waals surface area contributed by atoms with E-state index in [1.165, 1.54) is 42.7 Å². The fourth-order valence-corrected chi connectivity index (χ4v) is 3.05. The predicted molar refractivity (Wildman–Crippen MR) is 79.2 cm³/mol. The van der Waals surface area contributed by atoms with Gasteiger partial charge in [-0.2, -0.15) is 0 Å². The molecule has 100 valence electrons. The Hall–Kier alpha value is -1.02. The molecule has 1 fully saturated rings. The molecule has 1 heterocycles. The van der Waals surface area contributed by atoms with Gasteiger partial charge in [-0.3, -0.25) is 0 Å². The Morgan fingerprint density at radius 2 is 1.89 bits per heavy atom. The highest BCUT2D eigenvalue weighted by atomic mass is 15.1. The van der Waals surface area contributed by atoms with E-state index < -0.39 is 0 Å². The molecule has 2 unspecified atom stereocenters. The van der Waals surface area contributed by atoms with Gasteiger partial charge in [0.25, 0.3) is 0 Å². The Bertz CT molecular complexity index is 380. The maximum absolute atomic E-state index is 3.69. The minimum Gasteiger partial charge on any atom is -0.382 e. The molecule has 18 heavy (non-hydrogen) atoms. The number of aryl methyl sites for hydroxylation is 2. The van der Waals surface area contributed by atoms with E-state index in [-0.39, 0.29) is 0 Å². The largest absolute Gasteiger partial charge is 0.382 e. The monoisotopic (exact) mass is 246 g/mol. The number of nitrogens with one attached hydrogen (secondary N) is 1. The van der Waals surface area contributed by atoms with Crippen LogP contribution in [0.1, 0.15) is 30.9 Å². The van der Waals surface area contributed by atoms with Crippen LogP contribution >= 0.6 is 0 Å². The molecule has 1 aromatic rings. The second kappa shape index (κ2) is 5.75. The number of anilines is 1. The van der Waals surface area contributed by atoms with Gasteiger partial charge in [-0.05, 0) is 76.4 Å². The second-order valence-corrected chi connectivity index (χ2v) is 5.97. The molecule has 0 saturated carbocycles. The van der Waals surface area contributed by atoms with Gasteiger partial charge in [-0.25, -0.2) is 0 Å². The summed E-state index contributed by atoms with van der Waals surface area (Å²) in [5.41, 5.74) is 3.95. The van der Waals surface area contributed by atoms with Gasteiger partial charge >= 0.3 is 0 Å². The maximum Gasteiger partial charge on any atom is 0.0347 e. The first kappa shape index (κ1) is 13.4. The number of likely N-dealkylation sites (tertiary alicyclic amines) is 1. The SMILES string of the molecule is Cc1cc(C)cc(NC(C)C2CCCN(C)C2)c1. The minimum absolute atomic E-state index is 0.550. The van der Waals surface area contributed by atoms with Gasteiger partial charge in [0, 0.05) is 18.3 Å². The molecule has 0 amide bonds. The number of benzene rings is 1. The highest BCUT2D eigenvalue weighted by Crippen LogP contribution is 2.22. The highest BCUT2D eigenvalue weighted by molar-refractivity contribution is 5.49. The van der Waals surface area contributed by atoms with Crippen molar-refractivity contribution in [2.45, 2.75) is 39.7 Å². The summed E-state index contributed by atoms with van der Waals surface area (Å²) < 4.78 is 0. The van der Waals surface area contributed by atoms with Gasteiger partial charge in [0.15, 0.2) is 0 Å². The lowest BCUT2D eigenvalue weighted by Crippen LogP contribution is -2.39. The molecule has 1 saturated heterocycles. The van der Waals surface area contributed by atoms with E-state index in [2.05, 4.69) is 56.2 Å². The number of hydrogen-bond donors (Lipinski definition) is 1. The Morgan fingerprint density at radius 3 is 2.50 bits per heavy atom. The Labute approximate surface area is 111 Å². The molecule has 1 aliphatic heterocycles. The lowest BCUT2D eigenvalue weighted by atomic mass is 9.91. The van der Waals surface area contributed by atoms with E-state index in [0.29, 0.717) is 6.04 Å². The zero-order valence-corrected chi connectivity index (χ0v) is 12.2. The fourth-order valence-electron chi connectivity index (χ4n) is 3.05. The molecule has 2 heteroatoms. The number of rotatable bonds is 3. The van der Waals surface area contributed by atoms with E-state index in [1.807, 2.05) is 0 Å². The Kier molecular flexibility index (Phi) is 4.28. The molecule has 1 aromatic carbocycles. The van der Waals surface area contributed by atoms with Crippen LogP contribution in [0.25, 0.3) is 0 Å². The van der Waals surface area contributed by atoms with Crippen molar-refractivity contribution in [3.05, 3.63) is 29.3 Å². The summed E-state index contributed by atoms with van der Waals surface area (Å²) in [6.45, 7) is 9.13. The Balaban J connectivity index is 1.99. The van der Waals surface area contributed by atoms with Crippen molar-refractivity contribution < 1.29 is 0 Å². The molecule has 0 bridgehead atoms. The average Bonchev–Trinajstić information content (AvgIpc) is 2.27. The normalized spacial score (nSPS) is 22.8. The average molecular weight is 246 g/mol. The molecule has 0 spiro atoms. The van der Waals surface area contributed by atoms with E-state index in [1.54, 1.807) is 0 Å². The van der Waals surface area contributed by atoms with Gasteiger partial charge in [-0.15, -0.1) is 0 Å². The molecule has 2 nitrogen and oxygen atoms in total. The summed E-state index contributed by atoms with van der Waals surface area (Å²) in [6.07, 6.45) is 2.68. The quantitative estimate of drug-likeness (QED) is 0.879. The van der Waals surface area contributed by atoms with Crippen LogP contribution in [0, 0.1) is 19.8 Å². The third kappa shape index (κ3) is 3.49. The van der Waals surface area contributed by atoms with Crippen molar-refractivity contribution in [2.24, 2.45) is 5.92 Å². The molecule has 0 aliphatic carbocycles. The van der Waals surface area contributed by atoms with Gasteiger partial charge in [0.05, 0.1) is 0 Å². The number of nitrogens with zero attached hydrogens (tertiary/aromatic N) is 1. The molecule has 2 rings (SSSR count). The molecular weight excluding hydrogens is 220 g/mol. The van der Waals surface area contributed by atoms with E-state index in [0.717, 1.165) is 5.92 Å². The van der Waals surface area contributed by atoms with Crippen LogP contribution in [-0.4, -0.2) is 31.1 Å². The molecule has 0 radical (unpaired) electrons. The van der Waals surface area contributed by atoms with Crippen LogP contribution in [0.5, 0.6) is 0 Å². The van der Waals surface area contributed by atoms with Crippen LogP contribution in [0.15, 0.2) is 18.2 Å². The van der Waals surface area contributed by atoms with Crippen LogP contribution in [-0.2, 0) is 0 Å². The molecule has 1 N–H and O–H groups in total. The van der Waals surface area contributed by atoms with Crippen LogP contribution in [0.4, 0.5) is 5.69 Å². The second-order valence-electron chi connectivity index (χ2n) is 5.97. The molecular formula is C16H26N2. The summed E-state index contributed by atoms with van der Waals surface area (Å²) in [7, 11) is 2.23. The van der Waals surface area contributed by atoms with E-state index in [9.17, 15) is 0 Å². The lowest BCUT2D eigenvalue weighted by molar-refractivity contribution is 0.197. The third-order valence-corrected chi connectivity index (χ3v) is 3.98. The third-order valence-electron chi connectivity index (χ3n) is 3.98. The standard InChI is InChI=1S/C16H26N2/c1-12-8-13(2)10-16(9-12)17-14(3)15-6-5-7-18(4)11-15/h8-10,14-15,17H,5-7,11H2,1-4H3. The first-order valence-electron chi connectivity index (χ1n) is 7.08. The van der Waals surface area contributed by atoms with Crippen molar-refractivity contribution >= 4 is 5.69 Å². The van der Waals surface area contributed by atoms with Crippen LogP contribution < -0.4 is 5.32 Å². The van der Waals surface area contributed by atoms with E-state index >= 15 is 0 Å². The number of piperidine rings is 1. The molecule has 0 aromatic heterocycles. The van der Waals surface area contributed by atoms with Gasteiger partial charge in [0.2, 0.25) is 0 Å². The van der Waals surface area contributed by atoms with Crippen molar-refractivity contribution in [1.82, 2.24) is 4.90 Å². The first-order chi connectivity index (χ1) is 8.54. The van der Waals surface area contributed by atoms with Crippen molar-refractivity contribution in [3.63, 3.8) is 0 Å². The summed E-state index contributed by atoms with van der Waals surface area (Å²) in [5, 5.41) is 3.69. The predicted octanol–water partition coefficient (Wildman–Crippen LogP) is 3.45.